The molecule has 0 saturated carbocycles. The smallest absolute Gasteiger partial charge is 0.246 e. The third-order valence-corrected chi connectivity index (χ3v) is 2.25. The fourth-order valence-corrected chi connectivity index (χ4v) is 1.32. The first-order chi connectivity index (χ1) is 6.58. The zero-order chi connectivity index (χ0) is 12.1. The van der Waals surface area contributed by atoms with Gasteiger partial charge in [0.1, 0.15) is 0 Å². The number of hydrogen-bond donors (Lipinski definition) is 2. The molecule has 6 heteroatoms. The molecule has 2 N–H and O–H groups in total. The van der Waals surface area contributed by atoms with Crippen molar-refractivity contribution in [3.63, 3.8) is 0 Å². The van der Waals surface area contributed by atoms with Gasteiger partial charge in [-0.15, -0.1) is 0 Å². The molecule has 0 aromatic rings. The summed E-state index contributed by atoms with van der Waals surface area (Å²) in [6.45, 7) is 5.62. The zero-order valence-corrected chi connectivity index (χ0v) is 10.2. The van der Waals surface area contributed by atoms with E-state index in [2.05, 4.69) is 11.9 Å². The summed E-state index contributed by atoms with van der Waals surface area (Å²) in [7, 11) is -3.86. The van der Waals surface area contributed by atoms with Crippen molar-refractivity contribution in [2.24, 2.45) is 0 Å². The average Bonchev–Trinajstić information content (AvgIpc) is 1.99. The zero-order valence-electron chi connectivity index (χ0n) is 9.41. The summed E-state index contributed by atoms with van der Waals surface area (Å²) in [4.78, 5) is 11.0. The topological polar surface area (TPSA) is 75.6 Å². The van der Waals surface area contributed by atoms with Crippen molar-refractivity contribution in [1.82, 2.24) is 5.32 Å². The van der Waals surface area contributed by atoms with E-state index >= 15 is 0 Å². The quantitative estimate of drug-likeness (QED) is 0.522. The van der Waals surface area contributed by atoms with Crippen LogP contribution >= 0.6 is 0 Å². The Bertz CT molecular complexity index is 307. The lowest BCUT2D eigenvalue weighted by atomic mass is 10.3. The van der Waals surface area contributed by atoms with E-state index in [0.29, 0.717) is 18.5 Å². The molecule has 0 aromatic carbocycles. The molecule has 0 heterocycles. The number of carbonyl (C=O) groups excluding carboxylic acids is 1. The van der Waals surface area contributed by atoms with Gasteiger partial charge in [-0.1, -0.05) is 6.58 Å². The molecule has 1 amide bonds. The van der Waals surface area contributed by atoms with Crippen molar-refractivity contribution in [2.45, 2.75) is 13.3 Å². The van der Waals surface area contributed by atoms with Crippen LogP contribution < -0.4 is 5.32 Å². The van der Waals surface area contributed by atoms with Crippen LogP contribution in [-0.2, 0) is 18.6 Å². The number of nitrogens with one attached hydrogen (secondary N) is 1. The van der Waals surface area contributed by atoms with E-state index in [9.17, 15) is 13.6 Å². The molecule has 0 radical (unpaired) electrons. The molecule has 0 atom stereocenters. The van der Waals surface area contributed by atoms with E-state index < -0.39 is 9.63 Å². The highest BCUT2D eigenvalue weighted by Crippen LogP contribution is 2.12. The van der Waals surface area contributed by atoms with Crippen molar-refractivity contribution in [1.29, 1.82) is 0 Å². The van der Waals surface area contributed by atoms with Crippen LogP contribution in [0.4, 0.5) is 0 Å². The molecule has 0 fully saturated rings. The van der Waals surface area contributed by atoms with E-state index in [1.807, 2.05) is 0 Å². The Morgan fingerprint density at radius 2 is 2.07 bits per heavy atom. The highest BCUT2D eigenvalue weighted by molar-refractivity contribution is 8.09. The Morgan fingerprint density at radius 3 is 2.47 bits per heavy atom. The SMILES string of the molecule is C=C(C)C(=O)NCCCOS(C)(C)(=O)O. The molecular formula is C9H19NO4S. The van der Waals surface area contributed by atoms with E-state index in [1.54, 1.807) is 6.92 Å². The highest BCUT2D eigenvalue weighted by Gasteiger charge is 2.19. The van der Waals surface area contributed by atoms with Gasteiger partial charge in [0.2, 0.25) is 5.91 Å². The minimum Gasteiger partial charge on any atom is -0.352 e. The molecule has 0 aliphatic carbocycles. The van der Waals surface area contributed by atoms with Crippen LogP contribution in [0.25, 0.3) is 0 Å². The summed E-state index contributed by atoms with van der Waals surface area (Å²) in [6, 6.07) is 0. The molecule has 0 rings (SSSR count). The van der Waals surface area contributed by atoms with E-state index in [4.69, 9.17) is 4.18 Å². The second kappa shape index (κ2) is 4.87. The van der Waals surface area contributed by atoms with Crippen LogP contribution in [0, 0.1) is 0 Å². The number of amides is 1. The average molecular weight is 237 g/mol. The number of rotatable bonds is 6. The van der Waals surface area contributed by atoms with Gasteiger partial charge in [0, 0.05) is 24.6 Å². The third-order valence-electron chi connectivity index (χ3n) is 1.41. The molecule has 0 unspecified atom stereocenters. The largest absolute Gasteiger partial charge is 0.352 e. The van der Waals surface area contributed by atoms with Gasteiger partial charge in [-0.05, 0) is 13.3 Å². The monoisotopic (exact) mass is 237 g/mol. The van der Waals surface area contributed by atoms with Gasteiger partial charge in [0.05, 0.1) is 16.2 Å². The number of carbonyl (C=O) groups is 1. The minimum atomic E-state index is -3.86. The molecule has 0 aromatic heterocycles. The first-order valence-corrected chi connectivity index (χ1v) is 7.20. The van der Waals surface area contributed by atoms with Crippen molar-refractivity contribution in [3.8, 4) is 0 Å². The summed E-state index contributed by atoms with van der Waals surface area (Å²) in [5.41, 5.74) is 0.436. The summed E-state index contributed by atoms with van der Waals surface area (Å²) in [6.07, 6.45) is 2.77. The predicted molar refractivity (Wildman–Crippen MR) is 61.0 cm³/mol. The van der Waals surface area contributed by atoms with E-state index in [1.165, 1.54) is 0 Å². The molecule has 0 saturated heterocycles. The molecule has 0 aliphatic heterocycles. The van der Waals surface area contributed by atoms with Crippen molar-refractivity contribution in [2.75, 3.05) is 25.7 Å². The predicted octanol–water partition coefficient (Wildman–Crippen LogP) is 0.553. The van der Waals surface area contributed by atoms with Crippen LogP contribution in [0.2, 0.25) is 0 Å². The van der Waals surface area contributed by atoms with Crippen LogP contribution in [0.3, 0.4) is 0 Å². The Balaban J connectivity index is 3.63. The molecule has 90 valence electrons. The Morgan fingerprint density at radius 1 is 1.53 bits per heavy atom. The lowest BCUT2D eigenvalue weighted by Crippen LogP contribution is -2.33. The second-order valence-electron chi connectivity index (χ2n) is 3.87. The summed E-state index contributed by atoms with van der Waals surface area (Å²) in [5, 5.41) is 2.59. The summed E-state index contributed by atoms with van der Waals surface area (Å²) >= 11 is 0. The summed E-state index contributed by atoms with van der Waals surface area (Å²) < 4.78 is 25.2. The minimum absolute atomic E-state index is 0.130. The van der Waals surface area contributed by atoms with Crippen molar-refractivity contribution in [3.05, 3.63) is 12.2 Å². The fourth-order valence-electron chi connectivity index (χ4n) is 0.722. The highest BCUT2D eigenvalue weighted by atomic mass is 32.3. The van der Waals surface area contributed by atoms with Gasteiger partial charge < -0.3 is 9.87 Å². The van der Waals surface area contributed by atoms with E-state index in [-0.39, 0.29) is 12.5 Å². The van der Waals surface area contributed by atoms with Crippen molar-refractivity contribution >= 4 is 15.5 Å². The van der Waals surface area contributed by atoms with Gasteiger partial charge >= 0.3 is 0 Å². The first-order valence-electron chi connectivity index (χ1n) is 4.53. The van der Waals surface area contributed by atoms with Crippen molar-refractivity contribution < 1.29 is 17.7 Å². The van der Waals surface area contributed by atoms with Gasteiger partial charge in [-0.2, -0.15) is 0 Å². The Labute approximate surface area is 90.3 Å². The molecule has 0 spiro atoms. The van der Waals surface area contributed by atoms with Gasteiger partial charge in [-0.3, -0.25) is 8.98 Å². The molecule has 5 nitrogen and oxygen atoms in total. The van der Waals surface area contributed by atoms with Gasteiger partial charge in [0.15, 0.2) is 0 Å². The maximum Gasteiger partial charge on any atom is 0.246 e. The lowest BCUT2D eigenvalue weighted by Gasteiger charge is -2.26. The summed E-state index contributed by atoms with van der Waals surface area (Å²) in [5.74, 6) is -0.218. The van der Waals surface area contributed by atoms with E-state index in [0.717, 1.165) is 12.5 Å². The molecule has 0 aliphatic rings. The standard InChI is InChI=1S/C9H19NO4S/c1-8(2)9(11)10-6-5-7-14-15(3,4,12)13/h1,5-7H2,2-4H3,(H,10,11)(H,12,13). The molecular weight excluding hydrogens is 218 g/mol. The molecule has 15 heavy (non-hydrogen) atoms. The number of hydrogen-bond acceptors (Lipinski definition) is 3. The van der Waals surface area contributed by atoms with Crippen LogP contribution in [0.5, 0.6) is 0 Å². The Hall–Kier alpha value is -0.720. The van der Waals surface area contributed by atoms with Crippen LogP contribution in [-0.4, -0.2) is 40.3 Å². The lowest BCUT2D eigenvalue weighted by molar-refractivity contribution is -0.117. The second-order valence-corrected chi connectivity index (χ2v) is 7.42. The normalized spacial score (nSPS) is 14.0. The maximum absolute atomic E-state index is 11.2. The third kappa shape index (κ3) is 9.58. The van der Waals surface area contributed by atoms with Crippen LogP contribution in [0.1, 0.15) is 13.3 Å². The Kier molecular flexibility index (Phi) is 4.64. The van der Waals surface area contributed by atoms with Crippen LogP contribution in [0.15, 0.2) is 12.2 Å². The van der Waals surface area contributed by atoms with Gasteiger partial charge in [-0.25, -0.2) is 4.21 Å². The maximum atomic E-state index is 11.2. The first kappa shape index (κ1) is 14.3. The van der Waals surface area contributed by atoms with Gasteiger partial charge in [0.25, 0.3) is 0 Å². The fraction of sp³-hybridized carbons (Fsp3) is 0.667. The molecule has 0 bridgehead atoms.